The summed E-state index contributed by atoms with van der Waals surface area (Å²) in [5, 5.41) is 0. The van der Waals surface area contributed by atoms with Crippen LogP contribution in [0, 0.1) is 0 Å². The van der Waals surface area contributed by atoms with Crippen molar-refractivity contribution in [3.8, 4) is 5.75 Å². The van der Waals surface area contributed by atoms with Crippen molar-refractivity contribution < 1.29 is 9.53 Å². The van der Waals surface area contributed by atoms with Gasteiger partial charge in [-0.1, -0.05) is 50.2 Å². The molecule has 0 bridgehead atoms. The van der Waals surface area contributed by atoms with E-state index >= 15 is 0 Å². The Bertz CT molecular complexity index is 1200. The predicted octanol–water partition coefficient (Wildman–Crippen LogP) is 6.47. The van der Waals surface area contributed by atoms with Crippen LogP contribution >= 0.6 is 0 Å². The lowest BCUT2D eigenvalue weighted by atomic mass is 9.81. The van der Waals surface area contributed by atoms with Crippen LogP contribution in [-0.4, -0.2) is 52.1 Å². The quantitative estimate of drug-likeness (QED) is 0.311. The molecule has 0 saturated carbocycles. The fraction of sp³-hybridized carbons (Fsp3) is 0.424. The monoisotopic (exact) mass is 513 g/mol. The molecule has 0 aliphatic heterocycles. The Balaban J connectivity index is 1.65. The Morgan fingerprint density at radius 3 is 2.24 bits per heavy atom. The van der Waals surface area contributed by atoms with Gasteiger partial charge in [0.05, 0.1) is 12.5 Å². The Kier molecular flexibility index (Phi) is 9.11. The minimum absolute atomic E-state index is 0.158. The van der Waals surface area contributed by atoms with E-state index in [0.717, 1.165) is 54.1 Å². The van der Waals surface area contributed by atoms with Crippen molar-refractivity contribution in [2.75, 3.05) is 51.1 Å². The summed E-state index contributed by atoms with van der Waals surface area (Å²) in [4.78, 5) is 20.5. The van der Waals surface area contributed by atoms with Gasteiger partial charge in [-0.05, 0) is 91.9 Å². The minimum Gasteiger partial charge on any atom is -0.492 e. The highest BCUT2D eigenvalue weighted by atomic mass is 16.5. The molecule has 202 valence electrons. The van der Waals surface area contributed by atoms with Crippen LogP contribution in [0.15, 0.2) is 66.7 Å². The standard InChI is InChI=1S/C33H43N3O2/c1-24(2)26-15-19-28(20-16-26)36(23-25-13-17-27(18-14-25)35(5)6)33(37)31-11-7-10-30-29(31)9-8-12-32(30)38-22-21-34(3)4/h8-9,12-20,24,31H,7,10-11,21-23H2,1-6H3. The van der Waals surface area contributed by atoms with Gasteiger partial charge < -0.3 is 19.4 Å². The summed E-state index contributed by atoms with van der Waals surface area (Å²) in [5.41, 5.74) is 6.81. The van der Waals surface area contributed by atoms with E-state index < -0.39 is 0 Å². The van der Waals surface area contributed by atoms with Gasteiger partial charge in [0, 0.05) is 32.0 Å². The van der Waals surface area contributed by atoms with E-state index in [-0.39, 0.29) is 11.8 Å². The first-order valence-corrected chi connectivity index (χ1v) is 13.8. The molecule has 4 rings (SSSR count). The van der Waals surface area contributed by atoms with Gasteiger partial charge in [-0.25, -0.2) is 0 Å². The van der Waals surface area contributed by atoms with E-state index in [1.807, 2.05) is 25.1 Å². The number of benzene rings is 3. The summed E-state index contributed by atoms with van der Waals surface area (Å²) >= 11 is 0. The number of hydrogen-bond donors (Lipinski definition) is 0. The lowest BCUT2D eigenvalue weighted by Crippen LogP contribution is -2.36. The van der Waals surface area contributed by atoms with Gasteiger partial charge in [-0.3, -0.25) is 4.79 Å². The molecule has 0 radical (unpaired) electrons. The number of hydrogen-bond acceptors (Lipinski definition) is 4. The second-order valence-corrected chi connectivity index (χ2v) is 11.2. The normalized spacial score (nSPS) is 14.9. The van der Waals surface area contributed by atoms with Gasteiger partial charge in [-0.2, -0.15) is 0 Å². The third-order valence-electron chi connectivity index (χ3n) is 7.49. The second-order valence-electron chi connectivity index (χ2n) is 11.2. The number of carbonyl (C=O) groups excluding carboxylic acids is 1. The Morgan fingerprint density at radius 2 is 1.61 bits per heavy atom. The van der Waals surface area contributed by atoms with Crippen LogP contribution in [-0.2, 0) is 17.8 Å². The molecular weight excluding hydrogens is 470 g/mol. The summed E-state index contributed by atoms with van der Waals surface area (Å²) in [5.74, 6) is 1.35. The number of amides is 1. The first-order chi connectivity index (χ1) is 18.2. The third kappa shape index (κ3) is 6.57. The second kappa shape index (κ2) is 12.5. The molecule has 0 spiro atoms. The van der Waals surface area contributed by atoms with E-state index in [2.05, 4.69) is 98.4 Å². The molecule has 38 heavy (non-hydrogen) atoms. The van der Waals surface area contributed by atoms with Crippen molar-refractivity contribution in [1.82, 2.24) is 4.90 Å². The zero-order chi connectivity index (χ0) is 27.2. The van der Waals surface area contributed by atoms with Crippen molar-refractivity contribution in [3.63, 3.8) is 0 Å². The van der Waals surface area contributed by atoms with E-state index in [4.69, 9.17) is 4.74 Å². The molecule has 3 aromatic carbocycles. The average molecular weight is 514 g/mol. The lowest BCUT2D eigenvalue weighted by Gasteiger charge is -2.32. The molecule has 0 N–H and O–H groups in total. The summed E-state index contributed by atoms with van der Waals surface area (Å²) in [6.07, 6.45) is 2.79. The summed E-state index contributed by atoms with van der Waals surface area (Å²) in [6, 6.07) is 23.2. The van der Waals surface area contributed by atoms with Crippen molar-refractivity contribution in [2.24, 2.45) is 0 Å². The van der Waals surface area contributed by atoms with Crippen LogP contribution in [0.2, 0.25) is 0 Å². The van der Waals surface area contributed by atoms with Crippen molar-refractivity contribution >= 4 is 17.3 Å². The average Bonchev–Trinajstić information content (AvgIpc) is 2.91. The highest BCUT2D eigenvalue weighted by molar-refractivity contribution is 5.98. The van der Waals surface area contributed by atoms with Gasteiger partial charge in [0.25, 0.3) is 0 Å². The summed E-state index contributed by atoms with van der Waals surface area (Å²) in [7, 11) is 8.18. The summed E-state index contributed by atoms with van der Waals surface area (Å²) in [6.45, 7) is 6.43. The number of anilines is 2. The van der Waals surface area contributed by atoms with Crippen molar-refractivity contribution in [2.45, 2.75) is 51.5 Å². The molecule has 1 aliphatic carbocycles. The van der Waals surface area contributed by atoms with Gasteiger partial charge in [-0.15, -0.1) is 0 Å². The topological polar surface area (TPSA) is 36.0 Å². The van der Waals surface area contributed by atoms with Crippen LogP contribution < -0.4 is 14.5 Å². The van der Waals surface area contributed by atoms with Crippen LogP contribution in [0.1, 0.15) is 60.8 Å². The highest BCUT2D eigenvalue weighted by Crippen LogP contribution is 2.39. The number of ether oxygens (including phenoxy) is 1. The van der Waals surface area contributed by atoms with Crippen molar-refractivity contribution in [1.29, 1.82) is 0 Å². The van der Waals surface area contributed by atoms with E-state index in [1.165, 1.54) is 11.1 Å². The van der Waals surface area contributed by atoms with Crippen LogP contribution in [0.5, 0.6) is 5.75 Å². The van der Waals surface area contributed by atoms with Crippen LogP contribution in [0.4, 0.5) is 11.4 Å². The Hall–Kier alpha value is -3.31. The molecule has 0 aromatic heterocycles. The van der Waals surface area contributed by atoms with Gasteiger partial charge >= 0.3 is 0 Å². The number of fused-ring (bicyclic) bond motifs is 1. The minimum atomic E-state index is -0.179. The SMILES string of the molecule is CC(C)c1ccc(N(Cc2ccc(N(C)C)cc2)C(=O)C2CCCc3c(OCCN(C)C)cccc32)cc1. The number of likely N-dealkylation sites (N-methyl/N-ethyl adjacent to an activating group) is 1. The predicted molar refractivity (Wildman–Crippen MR) is 159 cm³/mol. The first kappa shape index (κ1) is 27.7. The summed E-state index contributed by atoms with van der Waals surface area (Å²) < 4.78 is 6.18. The number of carbonyl (C=O) groups is 1. The molecule has 0 heterocycles. The van der Waals surface area contributed by atoms with E-state index in [1.54, 1.807) is 0 Å². The van der Waals surface area contributed by atoms with Gasteiger partial charge in [0.15, 0.2) is 0 Å². The maximum absolute atomic E-state index is 14.3. The molecule has 5 nitrogen and oxygen atoms in total. The molecule has 0 fully saturated rings. The fourth-order valence-electron chi connectivity index (χ4n) is 5.15. The zero-order valence-corrected chi connectivity index (χ0v) is 23.9. The number of nitrogens with zero attached hydrogens (tertiary/aromatic N) is 3. The molecule has 0 saturated heterocycles. The maximum atomic E-state index is 14.3. The molecule has 1 unspecified atom stereocenters. The third-order valence-corrected chi connectivity index (χ3v) is 7.49. The molecule has 1 atom stereocenters. The molecule has 5 heteroatoms. The fourth-order valence-corrected chi connectivity index (χ4v) is 5.15. The van der Waals surface area contributed by atoms with Crippen molar-refractivity contribution in [3.05, 3.63) is 89.0 Å². The Morgan fingerprint density at radius 1 is 0.921 bits per heavy atom. The van der Waals surface area contributed by atoms with Gasteiger partial charge in [0.1, 0.15) is 12.4 Å². The maximum Gasteiger partial charge on any atom is 0.234 e. The molecule has 1 amide bonds. The van der Waals surface area contributed by atoms with Crippen LogP contribution in [0.3, 0.4) is 0 Å². The largest absolute Gasteiger partial charge is 0.492 e. The molecule has 1 aliphatic rings. The van der Waals surface area contributed by atoms with E-state index in [0.29, 0.717) is 19.1 Å². The molecule has 3 aromatic rings. The highest BCUT2D eigenvalue weighted by Gasteiger charge is 2.32. The smallest absolute Gasteiger partial charge is 0.234 e. The van der Waals surface area contributed by atoms with E-state index in [9.17, 15) is 4.79 Å². The van der Waals surface area contributed by atoms with Crippen LogP contribution in [0.25, 0.3) is 0 Å². The Labute approximate surface area is 229 Å². The lowest BCUT2D eigenvalue weighted by molar-refractivity contribution is -0.120. The number of rotatable bonds is 10. The van der Waals surface area contributed by atoms with Gasteiger partial charge in [0.2, 0.25) is 5.91 Å². The molecular formula is C33H43N3O2. The first-order valence-electron chi connectivity index (χ1n) is 13.8. The zero-order valence-electron chi connectivity index (χ0n) is 23.9.